The maximum absolute atomic E-state index is 13.5. The van der Waals surface area contributed by atoms with Crippen LogP contribution in [0.15, 0.2) is 30.3 Å². The first-order valence-corrected chi connectivity index (χ1v) is 13.7. The third-order valence-corrected chi connectivity index (χ3v) is 7.12. The number of fused-ring (bicyclic) bond motifs is 1. The summed E-state index contributed by atoms with van der Waals surface area (Å²) >= 11 is 0. The zero-order valence-electron chi connectivity index (χ0n) is 24.8. The molecule has 0 radical (unpaired) electrons. The Bertz CT molecular complexity index is 1290. The van der Waals surface area contributed by atoms with Gasteiger partial charge in [0.15, 0.2) is 11.5 Å². The van der Waals surface area contributed by atoms with E-state index >= 15 is 0 Å². The highest BCUT2D eigenvalue weighted by Gasteiger charge is 2.41. The zero-order chi connectivity index (χ0) is 29.7. The number of ether oxygens (including phenoxy) is 6. The van der Waals surface area contributed by atoms with Crippen molar-refractivity contribution in [2.24, 2.45) is 5.92 Å². The van der Waals surface area contributed by atoms with Crippen LogP contribution in [-0.2, 0) is 14.3 Å². The summed E-state index contributed by atoms with van der Waals surface area (Å²) in [6.07, 6.45) is 4.48. The molecule has 0 saturated carbocycles. The first kappa shape index (κ1) is 30.0. The smallest absolute Gasteiger partial charge is 0.410 e. The lowest BCUT2D eigenvalue weighted by atomic mass is 9.95. The van der Waals surface area contributed by atoms with Crippen LogP contribution in [0.3, 0.4) is 0 Å². The fourth-order valence-electron chi connectivity index (χ4n) is 5.14. The van der Waals surface area contributed by atoms with Crippen molar-refractivity contribution in [3.8, 4) is 23.0 Å². The van der Waals surface area contributed by atoms with Crippen LogP contribution in [0.2, 0.25) is 0 Å². The van der Waals surface area contributed by atoms with Crippen molar-refractivity contribution in [2.75, 3.05) is 40.0 Å². The molecule has 41 heavy (non-hydrogen) atoms. The lowest BCUT2D eigenvalue weighted by Crippen LogP contribution is -2.49. The van der Waals surface area contributed by atoms with Crippen molar-refractivity contribution in [1.29, 1.82) is 0 Å². The van der Waals surface area contributed by atoms with E-state index in [1.54, 1.807) is 39.2 Å². The normalized spacial score (nSPS) is 17.8. The summed E-state index contributed by atoms with van der Waals surface area (Å²) in [5.41, 5.74) is 1.64. The SMILES string of the molecule is COc1ccc(C=Cc2cc(OC)c3c(c2)OCO3)cc1NC(=O)[C@H](C)[C@@H](OC)[C@@H]1CCCN1C(=O)OC(C)(C)C. The van der Waals surface area contributed by atoms with Crippen molar-refractivity contribution in [3.05, 3.63) is 41.5 Å². The molecule has 0 aromatic heterocycles. The third kappa shape index (κ3) is 7.05. The van der Waals surface area contributed by atoms with Crippen molar-refractivity contribution in [1.82, 2.24) is 4.90 Å². The largest absolute Gasteiger partial charge is 0.495 e. The summed E-state index contributed by atoms with van der Waals surface area (Å²) in [5.74, 6) is 1.54. The lowest BCUT2D eigenvalue weighted by Gasteiger charge is -2.34. The van der Waals surface area contributed by atoms with Crippen LogP contribution in [0.25, 0.3) is 12.2 Å². The number of carbonyl (C=O) groups is 2. The standard InChI is InChI=1S/C31H40N2O8/c1-19(27(38-7)23-9-8-14-33(23)30(35)41-31(2,3)4)29(34)32-22-15-20(12-13-24(22)36-5)10-11-21-16-25(37-6)28-26(17-21)39-18-40-28/h10-13,15-17,19,23,27H,8-9,14,18H2,1-7H3,(H,32,34)/t19-,23+,27-/m1/s1. The Morgan fingerprint density at radius 1 is 1.02 bits per heavy atom. The average molecular weight is 569 g/mol. The molecule has 2 aromatic rings. The molecule has 222 valence electrons. The maximum atomic E-state index is 13.5. The van der Waals surface area contributed by atoms with Crippen LogP contribution in [0, 0.1) is 5.92 Å². The molecule has 0 bridgehead atoms. The van der Waals surface area contributed by atoms with E-state index < -0.39 is 23.7 Å². The molecular formula is C31H40N2O8. The van der Waals surface area contributed by atoms with E-state index in [0.717, 1.165) is 24.0 Å². The van der Waals surface area contributed by atoms with Crippen molar-refractivity contribution >= 4 is 29.8 Å². The van der Waals surface area contributed by atoms with Crippen LogP contribution in [0.4, 0.5) is 10.5 Å². The Balaban J connectivity index is 1.49. The molecule has 1 saturated heterocycles. The monoisotopic (exact) mass is 568 g/mol. The predicted molar refractivity (Wildman–Crippen MR) is 156 cm³/mol. The van der Waals surface area contributed by atoms with Gasteiger partial charge in [0, 0.05) is 13.7 Å². The van der Waals surface area contributed by atoms with Gasteiger partial charge in [-0.25, -0.2) is 4.79 Å². The van der Waals surface area contributed by atoms with Gasteiger partial charge in [-0.2, -0.15) is 0 Å². The minimum atomic E-state index is -0.611. The molecule has 2 aliphatic heterocycles. The maximum Gasteiger partial charge on any atom is 0.410 e. The molecule has 10 nitrogen and oxygen atoms in total. The Hall–Kier alpha value is -3.92. The fraction of sp³-hybridized carbons (Fsp3) is 0.484. The Kier molecular flexibility index (Phi) is 9.32. The number of anilines is 1. The van der Waals surface area contributed by atoms with E-state index in [1.165, 1.54) is 0 Å². The van der Waals surface area contributed by atoms with Crippen molar-refractivity contribution < 1.29 is 38.0 Å². The molecule has 2 aromatic carbocycles. The third-order valence-electron chi connectivity index (χ3n) is 7.12. The molecule has 4 rings (SSSR count). The summed E-state index contributed by atoms with van der Waals surface area (Å²) in [7, 11) is 4.70. The summed E-state index contributed by atoms with van der Waals surface area (Å²) in [6, 6.07) is 9.01. The molecule has 2 aliphatic rings. The van der Waals surface area contributed by atoms with Crippen LogP contribution >= 0.6 is 0 Å². The highest BCUT2D eigenvalue weighted by molar-refractivity contribution is 5.95. The molecule has 0 aliphatic carbocycles. The predicted octanol–water partition coefficient (Wildman–Crippen LogP) is 5.59. The summed E-state index contributed by atoms with van der Waals surface area (Å²) in [6.45, 7) is 8.03. The summed E-state index contributed by atoms with van der Waals surface area (Å²) < 4.78 is 33.3. The lowest BCUT2D eigenvalue weighted by molar-refractivity contribution is -0.125. The Morgan fingerprint density at radius 3 is 2.44 bits per heavy atom. The van der Waals surface area contributed by atoms with E-state index in [2.05, 4.69) is 5.32 Å². The fourth-order valence-corrected chi connectivity index (χ4v) is 5.14. The number of hydrogen-bond donors (Lipinski definition) is 1. The van der Waals surface area contributed by atoms with Gasteiger partial charge < -0.3 is 38.6 Å². The van der Waals surface area contributed by atoms with Gasteiger partial charge >= 0.3 is 6.09 Å². The van der Waals surface area contributed by atoms with E-state index in [4.69, 9.17) is 28.4 Å². The van der Waals surface area contributed by atoms with E-state index in [0.29, 0.717) is 35.2 Å². The van der Waals surface area contributed by atoms with Gasteiger partial charge in [-0.1, -0.05) is 25.1 Å². The molecular weight excluding hydrogens is 528 g/mol. The molecule has 2 amide bonds. The number of rotatable bonds is 9. The van der Waals surface area contributed by atoms with Gasteiger partial charge in [-0.3, -0.25) is 4.79 Å². The number of carbonyl (C=O) groups excluding carboxylic acids is 2. The molecule has 0 spiro atoms. The second-order valence-corrected chi connectivity index (χ2v) is 11.1. The van der Waals surface area contributed by atoms with Crippen LogP contribution in [0.1, 0.15) is 51.7 Å². The highest BCUT2D eigenvalue weighted by atomic mass is 16.7. The minimum absolute atomic E-state index is 0.155. The minimum Gasteiger partial charge on any atom is -0.495 e. The Morgan fingerprint density at radius 2 is 1.76 bits per heavy atom. The zero-order valence-corrected chi connectivity index (χ0v) is 24.8. The number of nitrogens with one attached hydrogen (secondary N) is 1. The van der Waals surface area contributed by atoms with Crippen LogP contribution < -0.4 is 24.3 Å². The van der Waals surface area contributed by atoms with Gasteiger partial charge in [-0.15, -0.1) is 0 Å². The molecule has 1 fully saturated rings. The second kappa shape index (κ2) is 12.7. The molecule has 10 heteroatoms. The first-order chi connectivity index (χ1) is 19.5. The first-order valence-electron chi connectivity index (χ1n) is 13.7. The summed E-state index contributed by atoms with van der Waals surface area (Å²) in [5, 5.41) is 3.00. The van der Waals surface area contributed by atoms with E-state index in [1.807, 2.05) is 57.2 Å². The van der Waals surface area contributed by atoms with E-state index in [9.17, 15) is 9.59 Å². The molecule has 1 N–H and O–H groups in total. The highest BCUT2D eigenvalue weighted by Crippen LogP contribution is 2.42. The van der Waals surface area contributed by atoms with Gasteiger partial charge in [0.2, 0.25) is 18.4 Å². The second-order valence-electron chi connectivity index (χ2n) is 11.1. The van der Waals surface area contributed by atoms with Crippen molar-refractivity contribution in [2.45, 2.75) is 58.3 Å². The molecule has 0 unspecified atom stereocenters. The van der Waals surface area contributed by atoms with Gasteiger partial charge in [0.05, 0.1) is 38.0 Å². The van der Waals surface area contributed by atoms with Gasteiger partial charge in [0.1, 0.15) is 11.4 Å². The number of benzene rings is 2. The number of hydrogen-bond acceptors (Lipinski definition) is 8. The van der Waals surface area contributed by atoms with Gasteiger partial charge in [0.25, 0.3) is 0 Å². The van der Waals surface area contributed by atoms with Gasteiger partial charge in [-0.05, 0) is 69.0 Å². The van der Waals surface area contributed by atoms with Crippen LogP contribution in [0.5, 0.6) is 23.0 Å². The topological polar surface area (TPSA) is 105 Å². The number of nitrogens with zero attached hydrogens (tertiary/aromatic N) is 1. The summed E-state index contributed by atoms with van der Waals surface area (Å²) in [4.78, 5) is 28.0. The molecule has 3 atom stereocenters. The van der Waals surface area contributed by atoms with Crippen LogP contribution in [-0.4, -0.2) is 69.3 Å². The number of amides is 2. The number of likely N-dealkylation sites (tertiary alicyclic amines) is 1. The van der Waals surface area contributed by atoms with Crippen molar-refractivity contribution in [3.63, 3.8) is 0 Å². The van der Waals surface area contributed by atoms with E-state index in [-0.39, 0.29) is 18.7 Å². The number of methoxy groups -OCH3 is 3. The Labute approximate surface area is 241 Å². The molecule has 2 heterocycles. The quantitative estimate of drug-likeness (QED) is 0.390. The average Bonchev–Trinajstić information content (AvgIpc) is 3.61.